The largest absolute Gasteiger partial charge is 0.339 e. The fraction of sp³-hybridized carbons (Fsp3) is 0.529. The lowest BCUT2D eigenvalue weighted by Crippen LogP contribution is -2.29. The number of benzene rings is 1. The third-order valence-electron chi connectivity index (χ3n) is 4.53. The van der Waals surface area contributed by atoms with Crippen LogP contribution in [0.4, 0.5) is 0 Å². The zero-order chi connectivity index (χ0) is 15.4. The van der Waals surface area contributed by atoms with Gasteiger partial charge in [-0.1, -0.05) is 55.1 Å². The molecule has 22 heavy (non-hydrogen) atoms. The molecule has 4 N–H and O–H groups in total. The summed E-state index contributed by atoms with van der Waals surface area (Å²) < 4.78 is 5.52. The second-order valence-electron chi connectivity index (χ2n) is 6.12. The second kappa shape index (κ2) is 7.03. The maximum atomic E-state index is 6.32. The minimum absolute atomic E-state index is 0.119. The highest BCUT2D eigenvalue weighted by molar-refractivity contribution is 5.54. The molecule has 0 saturated heterocycles. The molecule has 5 nitrogen and oxygen atoms in total. The van der Waals surface area contributed by atoms with E-state index >= 15 is 0 Å². The molecule has 0 aliphatic heterocycles. The van der Waals surface area contributed by atoms with Gasteiger partial charge in [0.05, 0.1) is 5.92 Å². The zero-order valence-electron chi connectivity index (χ0n) is 12.9. The summed E-state index contributed by atoms with van der Waals surface area (Å²) in [6.45, 7) is 0.536. The first-order chi connectivity index (χ1) is 10.8. The molecule has 0 spiro atoms. The number of nitrogens with two attached hydrogens (primary N) is 2. The molecular weight excluding hydrogens is 276 g/mol. The van der Waals surface area contributed by atoms with Gasteiger partial charge in [-0.05, 0) is 18.4 Å². The molecule has 1 heterocycles. The van der Waals surface area contributed by atoms with E-state index in [0.717, 1.165) is 24.0 Å². The van der Waals surface area contributed by atoms with Crippen molar-refractivity contribution in [2.24, 2.45) is 11.5 Å². The predicted octanol–water partition coefficient (Wildman–Crippen LogP) is 2.96. The van der Waals surface area contributed by atoms with E-state index < -0.39 is 0 Å². The van der Waals surface area contributed by atoms with Crippen molar-refractivity contribution in [1.82, 2.24) is 10.1 Å². The van der Waals surface area contributed by atoms with Crippen molar-refractivity contribution in [3.05, 3.63) is 35.7 Å². The Hall–Kier alpha value is -1.72. The molecule has 2 aromatic rings. The number of hydrogen-bond acceptors (Lipinski definition) is 5. The lowest BCUT2D eigenvalue weighted by molar-refractivity contribution is 0.302. The van der Waals surface area contributed by atoms with Gasteiger partial charge in [0, 0.05) is 18.2 Å². The van der Waals surface area contributed by atoms with Gasteiger partial charge in [0.1, 0.15) is 0 Å². The summed E-state index contributed by atoms with van der Waals surface area (Å²) in [5.74, 6) is 1.50. The summed E-state index contributed by atoms with van der Waals surface area (Å²) in [6, 6.07) is 8.07. The first-order valence-electron chi connectivity index (χ1n) is 8.16. The highest BCUT2D eigenvalue weighted by atomic mass is 16.5. The maximum absolute atomic E-state index is 6.32. The summed E-state index contributed by atoms with van der Waals surface area (Å²) in [7, 11) is 0. The van der Waals surface area contributed by atoms with Crippen molar-refractivity contribution in [3.63, 3.8) is 0 Å². The number of rotatable bonds is 3. The third-order valence-corrected chi connectivity index (χ3v) is 4.53. The van der Waals surface area contributed by atoms with E-state index in [1.807, 2.05) is 24.3 Å². The highest BCUT2D eigenvalue weighted by Crippen LogP contribution is 2.30. The van der Waals surface area contributed by atoms with Crippen LogP contribution in [0, 0.1) is 0 Å². The molecule has 1 fully saturated rings. The van der Waals surface area contributed by atoms with Crippen LogP contribution in [-0.2, 0) is 6.54 Å². The van der Waals surface area contributed by atoms with E-state index in [9.17, 15) is 0 Å². The fourth-order valence-electron chi connectivity index (χ4n) is 3.11. The average molecular weight is 300 g/mol. The molecule has 1 aliphatic rings. The molecule has 2 atom stereocenters. The van der Waals surface area contributed by atoms with E-state index in [1.165, 1.54) is 25.7 Å². The van der Waals surface area contributed by atoms with E-state index in [0.29, 0.717) is 18.3 Å². The number of aromatic nitrogens is 2. The molecule has 1 aromatic heterocycles. The monoisotopic (exact) mass is 300 g/mol. The van der Waals surface area contributed by atoms with E-state index in [-0.39, 0.29) is 12.0 Å². The van der Waals surface area contributed by atoms with Crippen LogP contribution >= 0.6 is 0 Å². The topological polar surface area (TPSA) is 91.0 Å². The number of hydrogen-bond donors (Lipinski definition) is 2. The molecule has 1 saturated carbocycles. The maximum Gasteiger partial charge on any atom is 0.231 e. The lowest BCUT2D eigenvalue weighted by Gasteiger charge is -2.22. The van der Waals surface area contributed by atoms with Gasteiger partial charge in [-0.2, -0.15) is 4.98 Å². The summed E-state index contributed by atoms with van der Waals surface area (Å²) in [5, 5.41) is 4.13. The van der Waals surface area contributed by atoms with Crippen LogP contribution in [0.15, 0.2) is 28.8 Å². The fourth-order valence-corrected chi connectivity index (χ4v) is 3.11. The van der Waals surface area contributed by atoms with Gasteiger partial charge in [-0.25, -0.2) is 0 Å². The molecule has 0 bridgehead atoms. The summed E-state index contributed by atoms with van der Waals surface area (Å²) in [5.41, 5.74) is 14.0. The van der Waals surface area contributed by atoms with Crippen LogP contribution < -0.4 is 11.5 Å². The molecule has 3 rings (SSSR count). The molecule has 1 aliphatic carbocycles. The number of nitrogens with zero attached hydrogens (tertiary/aromatic N) is 2. The predicted molar refractivity (Wildman–Crippen MR) is 86.0 cm³/mol. The van der Waals surface area contributed by atoms with Crippen molar-refractivity contribution < 1.29 is 4.52 Å². The molecule has 118 valence electrons. The Balaban J connectivity index is 1.79. The summed E-state index contributed by atoms with van der Waals surface area (Å²) >= 11 is 0. The Morgan fingerprint density at radius 3 is 2.50 bits per heavy atom. The van der Waals surface area contributed by atoms with Gasteiger partial charge in [-0.15, -0.1) is 0 Å². The first kappa shape index (κ1) is 15.2. The van der Waals surface area contributed by atoms with Crippen LogP contribution in [-0.4, -0.2) is 16.2 Å². The Morgan fingerprint density at radius 1 is 1.05 bits per heavy atom. The van der Waals surface area contributed by atoms with Gasteiger partial charge in [0.2, 0.25) is 11.7 Å². The van der Waals surface area contributed by atoms with E-state index in [1.54, 1.807) is 0 Å². The molecular formula is C17H24N4O. The van der Waals surface area contributed by atoms with Crippen molar-refractivity contribution in [2.45, 2.75) is 57.0 Å². The van der Waals surface area contributed by atoms with Gasteiger partial charge in [0.15, 0.2) is 0 Å². The quantitative estimate of drug-likeness (QED) is 0.909. The van der Waals surface area contributed by atoms with E-state index in [4.69, 9.17) is 16.0 Å². The lowest BCUT2D eigenvalue weighted by atomic mass is 9.87. The van der Waals surface area contributed by atoms with Crippen LogP contribution in [0.25, 0.3) is 11.4 Å². The smallest absolute Gasteiger partial charge is 0.231 e. The van der Waals surface area contributed by atoms with Gasteiger partial charge in [0.25, 0.3) is 0 Å². The van der Waals surface area contributed by atoms with Gasteiger partial charge in [-0.3, -0.25) is 0 Å². The normalized spacial score (nSPS) is 23.0. The van der Waals surface area contributed by atoms with Crippen molar-refractivity contribution in [1.29, 1.82) is 0 Å². The van der Waals surface area contributed by atoms with Crippen LogP contribution in [0.1, 0.15) is 55.9 Å². The second-order valence-corrected chi connectivity index (χ2v) is 6.12. The average Bonchev–Trinajstić information content (AvgIpc) is 3.01. The molecule has 5 heteroatoms. The third kappa shape index (κ3) is 3.36. The Bertz CT molecular complexity index is 593. The van der Waals surface area contributed by atoms with Gasteiger partial charge < -0.3 is 16.0 Å². The zero-order valence-corrected chi connectivity index (χ0v) is 12.9. The molecule has 2 unspecified atom stereocenters. The Morgan fingerprint density at radius 2 is 1.77 bits per heavy atom. The minimum Gasteiger partial charge on any atom is -0.339 e. The Labute approximate surface area is 131 Å². The van der Waals surface area contributed by atoms with Crippen molar-refractivity contribution in [2.75, 3.05) is 0 Å². The summed E-state index contributed by atoms with van der Waals surface area (Å²) in [4.78, 5) is 4.59. The molecule has 0 radical (unpaired) electrons. The first-order valence-corrected chi connectivity index (χ1v) is 8.16. The van der Waals surface area contributed by atoms with Crippen LogP contribution in [0.2, 0.25) is 0 Å². The molecule has 1 aromatic carbocycles. The van der Waals surface area contributed by atoms with Crippen molar-refractivity contribution >= 4 is 0 Å². The van der Waals surface area contributed by atoms with Crippen LogP contribution in [0.3, 0.4) is 0 Å². The van der Waals surface area contributed by atoms with Gasteiger partial charge >= 0.3 is 0 Å². The highest BCUT2D eigenvalue weighted by Gasteiger charge is 2.26. The minimum atomic E-state index is 0.119. The standard InChI is InChI=1S/C17H24N4O/c18-11-12-7-9-13(10-8-12)16-20-17(22-21-16)14-5-3-1-2-4-6-15(14)19/h7-10,14-15H,1-6,11,18-19H2. The SMILES string of the molecule is NCc1ccc(-c2noc(C3CCCCCCC3N)n2)cc1. The summed E-state index contributed by atoms with van der Waals surface area (Å²) in [6.07, 6.45) is 7.00. The van der Waals surface area contributed by atoms with Crippen molar-refractivity contribution in [3.8, 4) is 11.4 Å². The molecule has 0 amide bonds. The van der Waals surface area contributed by atoms with E-state index in [2.05, 4.69) is 10.1 Å². The van der Waals surface area contributed by atoms with Crippen LogP contribution in [0.5, 0.6) is 0 Å². The Kier molecular flexibility index (Phi) is 4.85.